The summed E-state index contributed by atoms with van der Waals surface area (Å²) < 4.78 is 40.0. The molecule has 0 fully saturated rings. The Bertz CT molecular complexity index is 1220. The van der Waals surface area contributed by atoms with Gasteiger partial charge in [0.2, 0.25) is 21.5 Å². The molecule has 0 aliphatic heterocycles. The number of carbonyl (C=O) groups excluding carboxylic acids is 1. The van der Waals surface area contributed by atoms with Gasteiger partial charge in [0.15, 0.2) is 0 Å². The highest BCUT2D eigenvalue weighted by Gasteiger charge is 2.23. The SMILES string of the molecule is Cc1ccc(NC(=O)CN(C)S(=O)(=O)c2ccc3[nH]c(=O)ccc3c2)cc1F. The number of sulfonamides is 1. The molecule has 3 rings (SSSR count). The fraction of sp³-hybridized carbons (Fsp3) is 0.158. The highest BCUT2D eigenvalue weighted by molar-refractivity contribution is 7.89. The molecular formula is C19H18FN3O4S. The molecule has 146 valence electrons. The van der Waals surface area contributed by atoms with Gasteiger partial charge < -0.3 is 10.3 Å². The lowest BCUT2D eigenvalue weighted by Gasteiger charge is -2.17. The third-order valence-electron chi connectivity index (χ3n) is 4.23. The van der Waals surface area contributed by atoms with E-state index in [0.717, 1.165) is 4.31 Å². The number of aryl methyl sites for hydroxylation is 1. The van der Waals surface area contributed by atoms with E-state index in [-0.39, 0.29) is 16.1 Å². The Labute approximate surface area is 160 Å². The molecule has 1 amide bonds. The monoisotopic (exact) mass is 403 g/mol. The first-order chi connectivity index (χ1) is 13.2. The number of amides is 1. The first-order valence-electron chi connectivity index (χ1n) is 8.32. The molecule has 0 radical (unpaired) electrons. The van der Waals surface area contributed by atoms with Crippen LogP contribution in [0.3, 0.4) is 0 Å². The van der Waals surface area contributed by atoms with Crippen molar-refractivity contribution in [2.24, 2.45) is 0 Å². The van der Waals surface area contributed by atoms with Gasteiger partial charge in [-0.15, -0.1) is 0 Å². The Balaban J connectivity index is 1.77. The van der Waals surface area contributed by atoms with Gasteiger partial charge in [-0.2, -0.15) is 4.31 Å². The van der Waals surface area contributed by atoms with Crippen molar-refractivity contribution in [2.45, 2.75) is 11.8 Å². The van der Waals surface area contributed by atoms with Crippen LogP contribution >= 0.6 is 0 Å². The lowest BCUT2D eigenvalue weighted by atomic mass is 10.2. The maximum Gasteiger partial charge on any atom is 0.248 e. The summed E-state index contributed by atoms with van der Waals surface area (Å²) in [4.78, 5) is 26.1. The standard InChI is InChI=1S/C19H18FN3O4S/c1-12-3-5-14(10-16(12)20)21-19(25)11-23(2)28(26,27)15-6-7-17-13(9-15)4-8-18(24)22-17/h3-10H,11H2,1-2H3,(H,21,25)(H,22,24). The zero-order valence-electron chi connectivity index (χ0n) is 15.2. The summed E-state index contributed by atoms with van der Waals surface area (Å²) in [7, 11) is -2.66. The minimum atomic E-state index is -3.94. The Morgan fingerprint density at radius 3 is 2.61 bits per heavy atom. The van der Waals surface area contributed by atoms with E-state index >= 15 is 0 Å². The van der Waals surface area contributed by atoms with Gasteiger partial charge in [0.05, 0.1) is 11.4 Å². The van der Waals surface area contributed by atoms with E-state index in [4.69, 9.17) is 0 Å². The number of fused-ring (bicyclic) bond motifs is 1. The molecule has 0 aliphatic carbocycles. The number of anilines is 1. The summed E-state index contributed by atoms with van der Waals surface area (Å²) in [6.07, 6.45) is 0. The number of nitrogens with one attached hydrogen (secondary N) is 2. The van der Waals surface area contributed by atoms with Crippen molar-refractivity contribution < 1.29 is 17.6 Å². The molecule has 7 nitrogen and oxygen atoms in total. The van der Waals surface area contributed by atoms with Crippen LogP contribution in [0, 0.1) is 12.7 Å². The molecule has 0 atom stereocenters. The summed E-state index contributed by atoms with van der Waals surface area (Å²) in [5.74, 6) is -1.06. The summed E-state index contributed by atoms with van der Waals surface area (Å²) >= 11 is 0. The Morgan fingerprint density at radius 2 is 1.89 bits per heavy atom. The number of benzene rings is 2. The first kappa shape index (κ1) is 19.7. The van der Waals surface area contributed by atoms with E-state index in [1.165, 1.54) is 55.6 Å². The largest absolute Gasteiger partial charge is 0.325 e. The van der Waals surface area contributed by atoms with Crippen LogP contribution in [0.15, 0.2) is 58.2 Å². The normalized spacial score (nSPS) is 11.7. The zero-order valence-corrected chi connectivity index (χ0v) is 16.0. The molecule has 2 N–H and O–H groups in total. The number of likely N-dealkylation sites (N-methyl/N-ethyl adjacent to an activating group) is 1. The van der Waals surface area contributed by atoms with Crippen molar-refractivity contribution in [1.82, 2.24) is 9.29 Å². The van der Waals surface area contributed by atoms with Crippen LogP contribution in [0.5, 0.6) is 0 Å². The van der Waals surface area contributed by atoms with Crippen LogP contribution in [-0.4, -0.2) is 37.2 Å². The van der Waals surface area contributed by atoms with Crippen molar-refractivity contribution in [3.05, 3.63) is 70.3 Å². The molecule has 1 aromatic heterocycles. The first-order valence-corrected chi connectivity index (χ1v) is 9.76. The minimum absolute atomic E-state index is 0.0104. The Hall–Kier alpha value is -3.04. The minimum Gasteiger partial charge on any atom is -0.325 e. The number of pyridine rings is 1. The summed E-state index contributed by atoms with van der Waals surface area (Å²) in [5, 5.41) is 3.03. The predicted molar refractivity (Wildman–Crippen MR) is 104 cm³/mol. The average Bonchev–Trinajstić information content (AvgIpc) is 2.64. The third-order valence-corrected chi connectivity index (χ3v) is 6.02. The molecule has 0 spiro atoms. The maximum atomic E-state index is 13.6. The molecule has 9 heteroatoms. The van der Waals surface area contributed by atoms with Crippen molar-refractivity contribution in [3.63, 3.8) is 0 Å². The second-order valence-electron chi connectivity index (χ2n) is 6.34. The molecular weight excluding hydrogens is 385 g/mol. The molecule has 2 aromatic carbocycles. The predicted octanol–water partition coefficient (Wildman–Crippen LogP) is 2.23. The van der Waals surface area contributed by atoms with E-state index < -0.39 is 28.3 Å². The van der Waals surface area contributed by atoms with E-state index in [9.17, 15) is 22.4 Å². The molecule has 3 aromatic rings. The Morgan fingerprint density at radius 1 is 1.14 bits per heavy atom. The molecule has 0 saturated heterocycles. The van der Waals surface area contributed by atoms with Gasteiger partial charge in [0.25, 0.3) is 0 Å². The molecule has 0 saturated carbocycles. The number of hydrogen-bond acceptors (Lipinski definition) is 4. The number of rotatable bonds is 5. The number of carbonyl (C=O) groups is 1. The average molecular weight is 403 g/mol. The number of nitrogens with zero attached hydrogens (tertiary/aromatic N) is 1. The van der Waals surface area contributed by atoms with Gasteiger partial charge in [-0.1, -0.05) is 6.07 Å². The number of H-pyrrole nitrogens is 1. The highest BCUT2D eigenvalue weighted by atomic mass is 32.2. The van der Waals surface area contributed by atoms with Crippen molar-refractivity contribution in [3.8, 4) is 0 Å². The van der Waals surface area contributed by atoms with Crippen molar-refractivity contribution in [1.29, 1.82) is 0 Å². The summed E-state index contributed by atoms with van der Waals surface area (Å²) in [6, 6.07) is 11.3. The fourth-order valence-electron chi connectivity index (χ4n) is 2.63. The van der Waals surface area contributed by atoms with Gasteiger partial charge in [0, 0.05) is 24.3 Å². The highest BCUT2D eigenvalue weighted by Crippen LogP contribution is 2.20. The van der Waals surface area contributed by atoms with Gasteiger partial charge in [-0.3, -0.25) is 9.59 Å². The number of hydrogen-bond donors (Lipinski definition) is 2. The van der Waals surface area contributed by atoms with E-state index in [2.05, 4.69) is 10.3 Å². The Kier molecular flexibility index (Phi) is 5.30. The molecule has 0 aliphatic rings. The van der Waals surface area contributed by atoms with Crippen LogP contribution in [-0.2, 0) is 14.8 Å². The van der Waals surface area contributed by atoms with Crippen LogP contribution in [0.1, 0.15) is 5.56 Å². The molecule has 28 heavy (non-hydrogen) atoms. The second kappa shape index (κ2) is 7.53. The van der Waals surface area contributed by atoms with E-state index in [0.29, 0.717) is 16.5 Å². The molecule has 1 heterocycles. The maximum absolute atomic E-state index is 13.6. The van der Waals surface area contributed by atoms with Crippen LogP contribution in [0.25, 0.3) is 10.9 Å². The van der Waals surface area contributed by atoms with Crippen LogP contribution < -0.4 is 10.9 Å². The van der Waals surface area contributed by atoms with Gasteiger partial charge in [-0.25, -0.2) is 12.8 Å². The van der Waals surface area contributed by atoms with Gasteiger partial charge in [-0.05, 0) is 54.3 Å². The van der Waals surface area contributed by atoms with Gasteiger partial charge >= 0.3 is 0 Å². The van der Waals surface area contributed by atoms with Crippen molar-refractivity contribution in [2.75, 3.05) is 18.9 Å². The van der Waals surface area contributed by atoms with Crippen molar-refractivity contribution >= 4 is 32.5 Å². The number of aromatic nitrogens is 1. The fourth-order valence-corrected chi connectivity index (χ4v) is 3.79. The third kappa shape index (κ3) is 4.10. The topological polar surface area (TPSA) is 99.3 Å². The van der Waals surface area contributed by atoms with Gasteiger partial charge in [0.1, 0.15) is 5.82 Å². The van der Waals surface area contributed by atoms with E-state index in [1.54, 1.807) is 6.92 Å². The quantitative estimate of drug-likeness (QED) is 0.682. The van der Waals surface area contributed by atoms with Crippen LogP contribution in [0.4, 0.5) is 10.1 Å². The zero-order chi connectivity index (χ0) is 20.5. The number of halogens is 1. The lowest BCUT2D eigenvalue weighted by molar-refractivity contribution is -0.116. The van der Waals surface area contributed by atoms with Crippen LogP contribution in [0.2, 0.25) is 0 Å². The second-order valence-corrected chi connectivity index (χ2v) is 8.39. The van der Waals surface area contributed by atoms with E-state index in [1.807, 2.05) is 0 Å². The molecule has 0 bridgehead atoms. The summed E-state index contributed by atoms with van der Waals surface area (Å²) in [6.45, 7) is 1.15. The smallest absolute Gasteiger partial charge is 0.248 e. The lowest BCUT2D eigenvalue weighted by Crippen LogP contribution is -2.35. The number of aromatic amines is 1. The molecule has 0 unspecified atom stereocenters. The summed E-state index contributed by atoms with van der Waals surface area (Å²) in [5.41, 5.74) is 0.904.